The van der Waals surface area contributed by atoms with Crippen molar-refractivity contribution in [1.29, 1.82) is 0 Å². The maximum atomic E-state index is 11.7. The lowest BCUT2D eigenvalue weighted by Gasteiger charge is -2.23. The van der Waals surface area contributed by atoms with Gasteiger partial charge in [0, 0.05) is 21.6 Å². The Hall–Kier alpha value is -0.900. The molecule has 1 aromatic rings. The minimum atomic E-state index is 0. The van der Waals surface area contributed by atoms with Gasteiger partial charge in [0.15, 0.2) is 0 Å². The highest BCUT2D eigenvalue weighted by atomic mass is 32.1. The van der Waals surface area contributed by atoms with Gasteiger partial charge in [0.25, 0.3) is 0 Å². The predicted molar refractivity (Wildman–Crippen MR) is 84.2 cm³/mol. The minimum absolute atomic E-state index is 0. The number of anilines is 2. The first-order chi connectivity index (χ1) is 8.49. The van der Waals surface area contributed by atoms with Crippen LogP contribution in [0.3, 0.4) is 0 Å². The number of hydrogen-bond acceptors (Lipinski definition) is 4. The first kappa shape index (κ1) is 15.2. The minimum Gasteiger partial charge on any atom is -0.382 e. The number of hydrogen-bond donors (Lipinski definition) is 1. The number of unbranched alkanes of at least 4 members (excludes halogenated alkanes) is 1. The molecule has 0 amide bonds. The topological polar surface area (TPSA) is 32.3 Å². The van der Waals surface area contributed by atoms with Crippen LogP contribution in [0.4, 0.5) is 11.4 Å². The van der Waals surface area contributed by atoms with Crippen LogP contribution in [0.5, 0.6) is 0 Å². The second-order valence-electron chi connectivity index (χ2n) is 5.21. The van der Waals surface area contributed by atoms with E-state index in [4.69, 9.17) is 12.2 Å². The largest absolute Gasteiger partial charge is 0.382 e. The zero-order chi connectivity index (χ0) is 13.7. The molecule has 0 unspecified atom stereocenters. The van der Waals surface area contributed by atoms with Gasteiger partial charge in [0.1, 0.15) is 10.2 Å². The fourth-order valence-corrected chi connectivity index (χ4v) is 2.22. The first-order valence-electron chi connectivity index (χ1n) is 6.77. The van der Waals surface area contributed by atoms with Gasteiger partial charge >= 0.3 is 0 Å². The van der Waals surface area contributed by atoms with Crippen LogP contribution in [0.15, 0.2) is 4.79 Å². The zero-order valence-electron chi connectivity index (χ0n) is 11.9. The Kier molecular flexibility index (Phi) is 5.79. The quantitative estimate of drug-likeness (QED) is 0.578. The highest BCUT2D eigenvalue weighted by molar-refractivity contribution is 7.71. The normalized spacial score (nSPS) is 11.2. The third kappa shape index (κ3) is 3.55. The SMILES string of the molecule is CCN(C)c1c(NCCCCC(C)C)c(=S)c1=O.[HH]. The van der Waals surface area contributed by atoms with E-state index in [9.17, 15) is 4.79 Å². The van der Waals surface area contributed by atoms with Gasteiger partial charge in [-0.15, -0.1) is 0 Å². The van der Waals surface area contributed by atoms with Gasteiger partial charge in [-0.2, -0.15) is 0 Å². The third-order valence-corrected chi connectivity index (χ3v) is 3.64. The van der Waals surface area contributed by atoms with Crippen LogP contribution in [0.25, 0.3) is 0 Å². The van der Waals surface area contributed by atoms with E-state index in [-0.39, 0.29) is 6.86 Å². The maximum Gasteiger partial charge on any atom is 0.224 e. The first-order valence-corrected chi connectivity index (χ1v) is 7.18. The second kappa shape index (κ2) is 6.88. The molecular formula is C14H26N2OS. The van der Waals surface area contributed by atoms with Crippen molar-refractivity contribution in [2.45, 2.75) is 40.0 Å². The lowest BCUT2D eigenvalue weighted by atomic mass is 10.1. The fraction of sp³-hybridized carbons (Fsp3) is 0.714. The van der Waals surface area contributed by atoms with E-state index >= 15 is 0 Å². The zero-order valence-corrected chi connectivity index (χ0v) is 12.7. The maximum absolute atomic E-state index is 11.7. The summed E-state index contributed by atoms with van der Waals surface area (Å²) in [5.74, 6) is 0.761. The fourth-order valence-electron chi connectivity index (χ4n) is 1.96. The lowest BCUT2D eigenvalue weighted by Crippen LogP contribution is -2.29. The van der Waals surface area contributed by atoms with Gasteiger partial charge in [-0.1, -0.05) is 38.9 Å². The molecule has 1 aromatic carbocycles. The van der Waals surface area contributed by atoms with Crippen LogP contribution in [-0.4, -0.2) is 20.1 Å². The molecule has 1 rings (SSSR count). The predicted octanol–water partition coefficient (Wildman–Crippen LogP) is 3.59. The van der Waals surface area contributed by atoms with E-state index in [2.05, 4.69) is 19.2 Å². The Balaban J connectivity index is 0.00000324. The van der Waals surface area contributed by atoms with Crippen LogP contribution >= 0.6 is 12.2 Å². The Morgan fingerprint density at radius 2 is 2.06 bits per heavy atom. The van der Waals surface area contributed by atoms with Crippen LogP contribution in [0, 0.1) is 10.4 Å². The van der Waals surface area contributed by atoms with Crippen molar-refractivity contribution in [3.8, 4) is 0 Å². The van der Waals surface area contributed by atoms with Crippen LogP contribution in [0.2, 0.25) is 0 Å². The second-order valence-corrected chi connectivity index (χ2v) is 5.62. The molecule has 0 radical (unpaired) electrons. The van der Waals surface area contributed by atoms with E-state index in [0.29, 0.717) is 4.51 Å². The molecule has 0 aliphatic rings. The van der Waals surface area contributed by atoms with E-state index < -0.39 is 0 Å². The van der Waals surface area contributed by atoms with Crippen molar-refractivity contribution in [2.75, 3.05) is 30.4 Å². The summed E-state index contributed by atoms with van der Waals surface area (Å²) in [5.41, 5.74) is 1.65. The monoisotopic (exact) mass is 270 g/mol. The molecule has 4 heteroatoms. The number of nitrogens with zero attached hydrogens (tertiary/aromatic N) is 1. The van der Waals surface area contributed by atoms with Crippen LogP contribution in [0.1, 0.15) is 41.5 Å². The molecule has 0 bridgehead atoms. The Labute approximate surface area is 116 Å². The number of rotatable bonds is 8. The summed E-state index contributed by atoms with van der Waals surface area (Å²) in [6.45, 7) is 8.23. The Morgan fingerprint density at radius 3 is 2.61 bits per heavy atom. The van der Waals surface area contributed by atoms with Crippen LogP contribution < -0.4 is 15.6 Å². The lowest BCUT2D eigenvalue weighted by molar-refractivity contribution is 0.545. The van der Waals surface area contributed by atoms with Crippen LogP contribution in [-0.2, 0) is 0 Å². The van der Waals surface area contributed by atoms with Crippen molar-refractivity contribution in [1.82, 2.24) is 0 Å². The molecule has 0 atom stereocenters. The van der Waals surface area contributed by atoms with Crippen molar-refractivity contribution in [3.63, 3.8) is 0 Å². The third-order valence-electron chi connectivity index (χ3n) is 3.25. The van der Waals surface area contributed by atoms with Gasteiger partial charge in [0.05, 0.1) is 5.69 Å². The summed E-state index contributed by atoms with van der Waals surface area (Å²) in [6.07, 6.45) is 3.60. The Bertz CT molecular complexity index is 452. The molecule has 18 heavy (non-hydrogen) atoms. The average molecular weight is 270 g/mol. The summed E-state index contributed by atoms with van der Waals surface area (Å²) in [4.78, 5) is 13.6. The van der Waals surface area contributed by atoms with Gasteiger partial charge in [-0.3, -0.25) is 4.79 Å². The molecule has 3 nitrogen and oxygen atoms in total. The van der Waals surface area contributed by atoms with Gasteiger partial charge < -0.3 is 10.2 Å². The summed E-state index contributed by atoms with van der Waals surface area (Å²) in [5, 5.41) is 3.31. The van der Waals surface area contributed by atoms with Gasteiger partial charge in [0.2, 0.25) is 5.43 Å². The number of nitrogens with one attached hydrogen (secondary N) is 1. The van der Waals surface area contributed by atoms with Crippen molar-refractivity contribution < 1.29 is 1.43 Å². The highest BCUT2D eigenvalue weighted by Gasteiger charge is 2.19. The molecule has 0 saturated carbocycles. The van der Waals surface area contributed by atoms with E-state index in [0.717, 1.165) is 36.8 Å². The summed E-state index contributed by atoms with van der Waals surface area (Å²) in [7, 11) is 1.93. The van der Waals surface area contributed by atoms with Crippen molar-refractivity contribution in [2.24, 2.45) is 5.92 Å². The van der Waals surface area contributed by atoms with Gasteiger partial charge in [-0.05, 0) is 19.3 Å². The molecule has 0 saturated heterocycles. The summed E-state index contributed by atoms with van der Waals surface area (Å²) < 4.78 is 0.467. The van der Waals surface area contributed by atoms with E-state index in [1.54, 1.807) is 0 Å². The molecule has 0 aromatic heterocycles. The van der Waals surface area contributed by atoms with E-state index in [1.807, 2.05) is 18.9 Å². The molecule has 0 aliphatic heterocycles. The molecule has 0 spiro atoms. The molecular weight excluding hydrogens is 244 g/mol. The molecule has 0 fully saturated rings. The van der Waals surface area contributed by atoms with Crippen molar-refractivity contribution >= 4 is 23.6 Å². The molecule has 104 valence electrons. The Morgan fingerprint density at radius 1 is 1.39 bits per heavy atom. The summed E-state index contributed by atoms with van der Waals surface area (Å²) >= 11 is 5.09. The van der Waals surface area contributed by atoms with Gasteiger partial charge in [-0.25, -0.2) is 0 Å². The smallest absolute Gasteiger partial charge is 0.224 e. The molecule has 1 N–H and O–H groups in total. The van der Waals surface area contributed by atoms with Crippen molar-refractivity contribution in [3.05, 3.63) is 14.7 Å². The molecule has 0 heterocycles. The standard InChI is InChI=1S/C14H24N2OS.H2/c1-5-16(4)12-11(14(18)13(12)17)15-9-7-6-8-10(2)3;/h10,15H,5-9H2,1-4H3;1H. The molecule has 0 aliphatic carbocycles. The average Bonchev–Trinajstić information content (AvgIpc) is 2.35. The van der Waals surface area contributed by atoms with E-state index in [1.165, 1.54) is 12.8 Å². The highest BCUT2D eigenvalue weighted by Crippen LogP contribution is 2.26. The summed E-state index contributed by atoms with van der Waals surface area (Å²) in [6, 6.07) is 0.